The molecule has 1 aromatic heterocycles. The molecule has 2 aromatic carbocycles. The normalized spacial score (nSPS) is 15.2. The van der Waals surface area contributed by atoms with E-state index in [1.54, 1.807) is 6.07 Å². The Hall–Kier alpha value is -2.47. The van der Waals surface area contributed by atoms with Crippen molar-refractivity contribution in [1.29, 1.82) is 0 Å². The number of para-hydroxylation sites is 1. The van der Waals surface area contributed by atoms with Crippen LogP contribution >= 0.6 is 15.9 Å². The van der Waals surface area contributed by atoms with Crippen LogP contribution in [0.2, 0.25) is 0 Å². The maximum Gasteiger partial charge on any atom is 0.261 e. The van der Waals surface area contributed by atoms with Gasteiger partial charge >= 0.3 is 0 Å². The molecule has 1 fully saturated rings. The number of amides is 1. The Kier molecular flexibility index (Phi) is 5.57. The lowest BCUT2D eigenvalue weighted by Crippen LogP contribution is -2.37. The van der Waals surface area contributed by atoms with E-state index in [2.05, 4.69) is 38.4 Å². The van der Waals surface area contributed by atoms with E-state index in [1.165, 1.54) is 17.3 Å². The molecular formula is C22H22BrN3O2. The number of aromatic nitrogens is 2. The first-order chi connectivity index (χ1) is 13.6. The van der Waals surface area contributed by atoms with E-state index in [-0.39, 0.29) is 23.9 Å². The molecule has 1 atom stereocenters. The fourth-order valence-corrected chi connectivity index (χ4v) is 3.91. The van der Waals surface area contributed by atoms with Crippen molar-refractivity contribution in [1.82, 2.24) is 14.9 Å². The zero-order chi connectivity index (χ0) is 19.5. The molecule has 1 amide bonds. The summed E-state index contributed by atoms with van der Waals surface area (Å²) in [4.78, 5) is 29.5. The molecule has 28 heavy (non-hydrogen) atoms. The Balaban J connectivity index is 1.45. The van der Waals surface area contributed by atoms with Crippen LogP contribution in [-0.2, 0) is 11.3 Å². The number of rotatable bonds is 6. The molecule has 6 heteroatoms. The number of hydrogen-bond acceptors (Lipinski definition) is 3. The maximum atomic E-state index is 12.6. The van der Waals surface area contributed by atoms with Crippen molar-refractivity contribution in [3.05, 3.63) is 75.2 Å². The largest absolute Gasteiger partial charge is 0.349 e. The summed E-state index contributed by atoms with van der Waals surface area (Å²) in [5.74, 6) is 0.440. The number of aryl methyl sites for hydroxylation is 1. The van der Waals surface area contributed by atoms with Gasteiger partial charge in [0.2, 0.25) is 5.91 Å². The molecule has 0 aliphatic heterocycles. The molecule has 1 aliphatic carbocycles. The third-order valence-electron chi connectivity index (χ3n) is 5.48. The summed E-state index contributed by atoms with van der Waals surface area (Å²) in [6, 6.07) is 15.4. The van der Waals surface area contributed by atoms with Crippen molar-refractivity contribution in [2.24, 2.45) is 5.92 Å². The van der Waals surface area contributed by atoms with E-state index < -0.39 is 0 Å². The number of carbonyl (C=O) groups is 1. The topological polar surface area (TPSA) is 64.0 Å². The second-order valence-electron chi connectivity index (χ2n) is 7.30. The van der Waals surface area contributed by atoms with E-state index in [0.717, 1.165) is 22.9 Å². The summed E-state index contributed by atoms with van der Waals surface area (Å²) in [5, 5.41) is 3.77. The average molecular weight is 440 g/mol. The zero-order valence-electron chi connectivity index (χ0n) is 15.5. The quantitative estimate of drug-likeness (QED) is 0.625. The van der Waals surface area contributed by atoms with Gasteiger partial charge < -0.3 is 5.32 Å². The van der Waals surface area contributed by atoms with Gasteiger partial charge in [0.15, 0.2) is 0 Å². The van der Waals surface area contributed by atoms with Crippen molar-refractivity contribution < 1.29 is 4.79 Å². The summed E-state index contributed by atoms with van der Waals surface area (Å²) in [6.07, 6.45) is 5.26. The lowest BCUT2D eigenvalue weighted by molar-refractivity contribution is -0.122. The molecule has 0 spiro atoms. The van der Waals surface area contributed by atoms with Gasteiger partial charge in [0, 0.05) is 17.4 Å². The molecular weight excluding hydrogens is 418 g/mol. The minimum Gasteiger partial charge on any atom is -0.349 e. The lowest BCUT2D eigenvalue weighted by Gasteiger charge is -2.34. The Bertz CT molecular complexity index is 1040. The monoisotopic (exact) mass is 439 g/mol. The molecule has 5 nitrogen and oxygen atoms in total. The van der Waals surface area contributed by atoms with Crippen LogP contribution in [0.1, 0.15) is 37.3 Å². The molecule has 1 N–H and O–H groups in total. The third kappa shape index (κ3) is 4.02. The van der Waals surface area contributed by atoms with Crippen LogP contribution in [0.4, 0.5) is 0 Å². The highest BCUT2D eigenvalue weighted by Crippen LogP contribution is 2.38. The van der Waals surface area contributed by atoms with E-state index in [4.69, 9.17) is 0 Å². The lowest BCUT2D eigenvalue weighted by atomic mass is 9.77. The summed E-state index contributed by atoms with van der Waals surface area (Å²) in [5.41, 5.74) is 1.70. The maximum absolute atomic E-state index is 12.6. The minimum atomic E-state index is -0.109. The number of benzene rings is 2. The molecule has 4 rings (SSSR count). The minimum absolute atomic E-state index is 0.0285. The number of hydrogen-bond donors (Lipinski definition) is 1. The molecule has 1 aliphatic rings. The fourth-order valence-electron chi connectivity index (χ4n) is 3.65. The zero-order valence-corrected chi connectivity index (χ0v) is 17.1. The smallest absolute Gasteiger partial charge is 0.261 e. The number of halogens is 1. The highest BCUT2D eigenvalue weighted by Gasteiger charge is 2.29. The van der Waals surface area contributed by atoms with Gasteiger partial charge in [-0.2, -0.15) is 0 Å². The van der Waals surface area contributed by atoms with Gasteiger partial charge in [-0.05, 0) is 48.6 Å². The van der Waals surface area contributed by atoms with Crippen LogP contribution in [0.15, 0.2) is 64.1 Å². The van der Waals surface area contributed by atoms with Crippen LogP contribution in [0.3, 0.4) is 0 Å². The Morgan fingerprint density at radius 1 is 1.18 bits per heavy atom. The molecule has 0 saturated heterocycles. The van der Waals surface area contributed by atoms with Crippen molar-refractivity contribution in [3.63, 3.8) is 0 Å². The number of carbonyl (C=O) groups excluding carboxylic acids is 1. The van der Waals surface area contributed by atoms with E-state index in [9.17, 15) is 9.59 Å². The third-order valence-corrected chi connectivity index (χ3v) is 6.01. The van der Waals surface area contributed by atoms with Gasteiger partial charge in [0.25, 0.3) is 5.56 Å². The van der Waals surface area contributed by atoms with Gasteiger partial charge in [-0.15, -0.1) is 0 Å². The summed E-state index contributed by atoms with van der Waals surface area (Å²) < 4.78 is 2.54. The first-order valence-corrected chi connectivity index (χ1v) is 10.4. The van der Waals surface area contributed by atoms with Crippen molar-refractivity contribution in [2.45, 2.75) is 38.3 Å². The summed E-state index contributed by atoms with van der Waals surface area (Å²) in [7, 11) is 0. The van der Waals surface area contributed by atoms with E-state index >= 15 is 0 Å². The second kappa shape index (κ2) is 8.27. The molecule has 1 heterocycles. The van der Waals surface area contributed by atoms with E-state index in [1.807, 2.05) is 30.3 Å². The number of nitrogens with one attached hydrogen (secondary N) is 1. The van der Waals surface area contributed by atoms with Gasteiger partial charge in [0.1, 0.15) is 0 Å². The Morgan fingerprint density at radius 2 is 1.93 bits per heavy atom. The Labute approximate surface area is 171 Å². The van der Waals surface area contributed by atoms with E-state index in [0.29, 0.717) is 23.4 Å². The molecule has 3 aromatic rings. The van der Waals surface area contributed by atoms with Crippen molar-refractivity contribution >= 4 is 32.7 Å². The van der Waals surface area contributed by atoms with Crippen LogP contribution in [0.5, 0.6) is 0 Å². The summed E-state index contributed by atoms with van der Waals surface area (Å²) in [6.45, 7) is 0.320. The molecule has 1 saturated carbocycles. The molecule has 0 radical (unpaired) electrons. The highest BCUT2D eigenvalue weighted by molar-refractivity contribution is 9.10. The predicted molar refractivity (Wildman–Crippen MR) is 113 cm³/mol. The Morgan fingerprint density at radius 3 is 2.64 bits per heavy atom. The standard InChI is InChI=1S/C22H22BrN3O2/c23-17-10-8-16(9-11-17)21(15-4-3-5-15)25-20(27)12-13-26-14-24-19-7-2-1-6-18(19)22(26)28/h1-2,6-11,14-15,21H,3-5,12-13H2,(H,25,27). The van der Waals surface area contributed by atoms with Gasteiger partial charge in [-0.1, -0.05) is 46.6 Å². The molecule has 144 valence electrons. The predicted octanol–water partition coefficient (Wildman–Crippen LogP) is 4.21. The van der Waals surface area contributed by atoms with Crippen molar-refractivity contribution in [2.75, 3.05) is 0 Å². The van der Waals surface area contributed by atoms with Gasteiger partial charge in [-0.25, -0.2) is 4.98 Å². The van der Waals surface area contributed by atoms with Gasteiger partial charge in [-0.3, -0.25) is 14.2 Å². The number of fused-ring (bicyclic) bond motifs is 1. The highest BCUT2D eigenvalue weighted by atomic mass is 79.9. The first-order valence-electron chi connectivity index (χ1n) is 9.61. The fraction of sp³-hybridized carbons (Fsp3) is 0.318. The SMILES string of the molecule is O=C(CCn1cnc2ccccc2c1=O)NC(c1ccc(Br)cc1)C1CCC1. The van der Waals surface area contributed by atoms with Crippen LogP contribution < -0.4 is 10.9 Å². The average Bonchev–Trinajstić information content (AvgIpc) is 2.66. The number of nitrogens with zero attached hydrogens (tertiary/aromatic N) is 2. The first kappa shape index (κ1) is 18.9. The van der Waals surface area contributed by atoms with Crippen LogP contribution in [-0.4, -0.2) is 15.5 Å². The summed E-state index contributed by atoms with van der Waals surface area (Å²) >= 11 is 3.46. The molecule has 0 bridgehead atoms. The van der Waals surface area contributed by atoms with Crippen molar-refractivity contribution in [3.8, 4) is 0 Å². The molecule has 1 unspecified atom stereocenters. The second-order valence-corrected chi connectivity index (χ2v) is 8.21. The van der Waals surface area contributed by atoms with Gasteiger partial charge in [0.05, 0.1) is 23.3 Å². The van der Waals surface area contributed by atoms with Crippen LogP contribution in [0, 0.1) is 5.92 Å². The van der Waals surface area contributed by atoms with Crippen LogP contribution in [0.25, 0.3) is 10.9 Å².